The van der Waals surface area contributed by atoms with E-state index in [1.807, 2.05) is 6.92 Å². The highest BCUT2D eigenvalue weighted by Gasteiger charge is 2.12. The normalized spacial score (nSPS) is 16.3. The third-order valence-corrected chi connectivity index (χ3v) is 4.87. The molecule has 0 bridgehead atoms. The molecule has 118 valence electrons. The first-order valence-corrected chi connectivity index (χ1v) is 9.20. The summed E-state index contributed by atoms with van der Waals surface area (Å²) in [5.74, 6) is 1.000. The van der Waals surface area contributed by atoms with E-state index in [1.165, 1.54) is 32.4 Å². The minimum absolute atomic E-state index is 0.0522. The highest BCUT2D eigenvalue weighted by atomic mass is 32.2. The molecule has 0 radical (unpaired) electrons. The summed E-state index contributed by atoms with van der Waals surface area (Å²) < 4.78 is 0. The number of aromatic amines is 1. The number of aromatic nitrogens is 2. The third-order valence-electron chi connectivity index (χ3n) is 4.01. The van der Waals surface area contributed by atoms with E-state index in [0.29, 0.717) is 0 Å². The van der Waals surface area contributed by atoms with Crippen LogP contribution in [0.3, 0.4) is 0 Å². The summed E-state index contributed by atoms with van der Waals surface area (Å²) in [6, 6.07) is 0. The van der Waals surface area contributed by atoms with Crippen LogP contribution in [0.4, 0.5) is 0 Å². The number of hydrogen-bond acceptors (Lipinski definition) is 4. The average molecular weight is 309 g/mol. The zero-order chi connectivity index (χ0) is 15.1. The zero-order valence-corrected chi connectivity index (χ0v) is 14.1. The largest absolute Gasteiger partial charge is 0.303 e. The van der Waals surface area contributed by atoms with E-state index in [0.717, 1.165) is 48.0 Å². The fourth-order valence-electron chi connectivity index (χ4n) is 2.85. The molecular weight excluding hydrogens is 282 g/mol. The van der Waals surface area contributed by atoms with Gasteiger partial charge in [0, 0.05) is 17.9 Å². The second kappa shape index (κ2) is 8.59. The molecule has 1 fully saturated rings. The SMILES string of the molecule is CCCc1nc(SCCN2CCCCC2)[nH]c(=O)c1CC. The second-order valence-corrected chi connectivity index (χ2v) is 6.73. The minimum Gasteiger partial charge on any atom is -0.303 e. The Bertz CT molecular complexity index is 495. The Balaban J connectivity index is 1.94. The number of nitrogens with one attached hydrogen (secondary N) is 1. The number of H-pyrrole nitrogens is 1. The Morgan fingerprint density at radius 3 is 2.67 bits per heavy atom. The van der Waals surface area contributed by atoms with Gasteiger partial charge < -0.3 is 9.88 Å². The third kappa shape index (κ3) is 4.85. The van der Waals surface area contributed by atoms with E-state index in [4.69, 9.17) is 0 Å². The fraction of sp³-hybridized carbons (Fsp3) is 0.750. The van der Waals surface area contributed by atoms with Gasteiger partial charge in [0.1, 0.15) is 0 Å². The quantitative estimate of drug-likeness (QED) is 0.621. The van der Waals surface area contributed by atoms with Gasteiger partial charge in [-0.1, -0.05) is 38.5 Å². The molecule has 21 heavy (non-hydrogen) atoms. The molecule has 1 N–H and O–H groups in total. The Kier molecular flexibility index (Phi) is 6.77. The number of hydrogen-bond donors (Lipinski definition) is 1. The monoisotopic (exact) mass is 309 g/mol. The van der Waals surface area contributed by atoms with E-state index in [-0.39, 0.29) is 5.56 Å². The number of thioether (sulfide) groups is 1. The first-order valence-electron chi connectivity index (χ1n) is 8.21. The van der Waals surface area contributed by atoms with Gasteiger partial charge >= 0.3 is 0 Å². The predicted octanol–water partition coefficient (Wildman–Crippen LogP) is 2.86. The Morgan fingerprint density at radius 1 is 1.24 bits per heavy atom. The summed E-state index contributed by atoms with van der Waals surface area (Å²) in [5, 5.41) is 0.789. The summed E-state index contributed by atoms with van der Waals surface area (Å²) in [6.45, 7) is 7.69. The lowest BCUT2D eigenvalue weighted by atomic mass is 10.1. The predicted molar refractivity (Wildman–Crippen MR) is 89.2 cm³/mol. The van der Waals surface area contributed by atoms with E-state index in [1.54, 1.807) is 11.8 Å². The summed E-state index contributed by atoms with van der Waals surface area (Å²) >= 11 is 1.68. The van der Waals surface area contributed by atoms with Crippen LogP contribution in [0.5, 0.6) is 0 Å². The molecule has 1 aromatic heterocycles. The van der Waals surface area contributed by atoms with Crippen LogP contribution in [-0.4, -0.2) is 40.3 Å². The number of aryl methyl sites for hydroxylation is 1. The zero-order valence-electron chi connectivity index (χ0n) is 13.3. The van der Waals surface area contributed by atoms with Crippen LogP contribution in [-0.2, 0) is 12.8 Å². The van der Waals surface area contributed by atoms with Crippen molar-refractivity contribution in [2.75, 3.05) is 25.4 Å². The highest BCUT2D eigenvalue weighted by molar-refractivity contribution is 7.99. The smallest absolute Gasteiger partial charge is 0.254 e. The number of rotatable bonds is 7. The Hall–Kier alpha value is -0.810. The van der Waals surface area contributed by atoms with Gasteiger partial charge in [0.25, 0.3) is 5.56 Å². The molecule has 2 heterocycles. The van der Waals surface area contributed by atoms with Crippen molar-refractivity contribution in [3.63, 3.8) is 0 Å². The lowest BCUT2D eigenvalue weighted by Crippen LogP contribution is -2.31. The molecular formula is C16H27N3OS. The van der Waals surface area contributed by atoms with Crippen molar-refractivity contribution >= 4 is 11.8 Å². The summed E-state index contributed by atoms with van der Waals surface area (Å²) in [6.07, 6.45) is 6.71. The average Bonchev–Trinajstić information content (AvgIpc) is 2.48. The van der Waals surface area contributed by atoms with Crippen LogP contribution >= 0.6 is 11.8 Å². The van der Waals surface area contributed by atoms with E-state index >= 15 is 0 Å². The maximum atomic E-state index is 12.1. The molecule has 1 saturated heterocycles. The lowest BCUT2D eigenvalue weighted by molar-refractivity contribution is 0.242. The van der Waals surface area contributed by atoms with Crippen molar-refractivity contribution in [3.05, 3.63) is 21.6 Å². The van der Waals surface area contributed by atoms with Gasteiger partial charge in [-0.25, -0.2) is 4.98 Å². The van der Waals surface area contributed by atoms with E-state index < -0.39 is 0 Å². The van der Waals surface area contributed by atoms with Crippen LogP contribution in [0.1, 0.15) is 50.8 Å². The first kappa shape index (κ1) is 16.6. The standard InChI is InChI=1S/C16H27N3OS/c1-3-8-14-13(4-2)15(20)18-16(17-14)21-12-11-19-9-6-5-7-10-19/h3-12H2,1-2H3,(H,17,18,20). The maximum Gasteiger partial charge on any atom is 0.254 e. The summed E-state index contributed by atoms with van der Waals surface area (Å²) in [5.41, 5.74) is 1.90. The molecule has 0 aliphatic carbocycles. The topological polar surface area (TPSA) is 49.0 Å². The molecule has 0 saturated carbocycles. The maximum absolute atomic E-state index is 12.1. The molecule has 1 aliphatic heterocycles. The van der Waals surface area contributed by atoms with Crippen molar-refractivity contribution < 1.29 is 0 Å². The van der Waals surface area contributed by atoms with E-state index in [2.05, 4.69) is 21.8 Å². The molecule has 0 atom stereocenters. The van der Waals surface area contributed by atoms with Gasteiger partial charge in [-0.3, -0.25) is 4.79 Å². The Morgan fingerprint density at radius 2 is 2.00 bits per heavy atom. The van der Waals surface area contributed by atoms with Gasteiger partial charge in [0.05, 0.1) is 5.69 Å². The van der Waals surface area contributed by atoms with Crippen LogP contribution < -0.4 is 5.56 Å². The molecule has 0 unspecified atom stereocenters. The van der Waals surface area contributed by atoms with Crippen molar-refractivity contribution in [2.45, 2.75) is 57.5 Å². The second-order valence-electron chi connectivity index (χ2n) is 5.65. The number of piperidine rings is 1. The van der Waals surface area contributed by atoms with Gasteiger partial charge in [0.15, 0.2) is 5.16 Å². The highest BCUT2D eigenvalue weighted by Crippen LogP contribution is 2.16. The van der Waals surface area contributed by atoms with Crippen LogP contribution in [0, 0.1) is 0 Å². The lowest BCUT2D eigenvalue weighted by Gasteiger charge is -2.25. The summed E-state index contributed by atoms with van der Waals surface area (Å²) in [7, 11) is 0. The fourth-order valence-corrected chi connectivity index (χ4v) is 3.74. The molecule has 0 aromatic carbocycles. The van der Waals surface area contributed by atoms with Gasteiger partial charge in [-0.2, -0.15) is 0 Å². The number of likely N-dealkylation sites (tertiary alicyclic amines) is 1. The summed E-state index contributed by atoms with van der Waals surface area (Å²) in [4.78, 5) is 22.2. The Labute approximate surface area is 131 Å². The minimum atomic E-state index is 0.0522. The van der Waals surface area contributed by atoms with Gasteiger partial charge in [0.2, 0.25) is 0 Å². The van der Waals surface area contributed by atoms with Crippen molar-refractivity contribution in [2.24, 2.45) is 0 Å². The van der Waals surface area contributed by atoms with E-state index in [9.17, 15) is 4.79 Å². The van der Waals surface area contributed by atoms with Gasteiger partial charge in [-0.05, 0) is 38.8 Å². The van der Waals surface area contributed by atoms with Crippen LogP contribution in [0.15, 0.2) is 9.95 Å². The molecule has 4 nitrogen and oxygen atoms in total. The van der Waals surface area contributed by atoms with Crippen molar-refractivity contribution in [1.82, 2.24) is 14.9 Å². The van der Waals surface area contributed by atoms with Crippen molar-refractivity contribution in [3.8, 4) is 0 Å². The first-order chi connectivity index (χ1) is 10.2. The van der Waals surface area contributed by atoms with Gasteiger partial charge in [-0.15, -0.1) is 0 Å². The molecule has 0 spiro atoms. The molecule has 0 amide bonds. The van der Waals surface area contributed by atoms with Crippen LogP contribution in [0.25, 0.3) is 0 Å². The molecule has 1 aromatic rings. The number of nitrogens with zero attached hydrogens (tertiary/aromatic N) is 2. The van der Waals surface area contributed by atoms with Crippen LogP contribution in [0.2, 0.25) is 0 Å². The molecule has 2 rings (SSSR count). The van der Waals surface area contributed by atoms with Crippen molar-refractivity contribution in [1.29, 1.82) is 0 Å². The molecule has 5 heteroatoms. The molecule has 1 aliphatic rings.